The first-order chi connectivity index (χ1) is 11.6. The van der Waals surface area contributed by atoms with Gasteiger partial charge in [0.25, 0.3) is 11.5 Å². The van der Waals surface area contributed by atoms with Gasteiger partial charge in [-0.05, 0) is 18.4 Å². The molecule has 3 aromatic rings. The second kappa shape index (κ2) is 7.37. The Hall–Kier alpha value is -2.52. The molecular weight excluding hydrogens is 346 g/mol. The molecule has 0 bridgehead atoms. The molecule has 0 saturated heterocycles. The minimum Gasteiger partial charge on any atom is -0.354 e. The van der Waals surface area contributed by atoms with Crippen LogP contribution in [0.5, 0.6) is 0 Å². The number of carbonyl (C=O) groups is 1. The van der Waals surface area contributed by atoms with Crippen molar-refractivity contribution in [1.29, 1.82) is 0 Å². The van der Waals surface area contributed by atoms with Gasteiger partial charge in [-0.15, -0.1) is 22.7 Å². The third-order valence-electron chi connectivity index (χ3n) is 3.04. The first-order valence-corrected chi connectivity index (χ1v) is 8.97. The van der Waals surface area contributed by atoms with Gasteiger partial charge in [-0.25, -0.2) is 9.97 Å². The number of aryl methyl sites for hydroxylation is 1. The van der Waals surface area contributed by atoms with Crippen LogP contribution in [0.2, 0.25) is 0 Å². The third kappa shape index (κ3) is 4.06. The van der Waals surface area contributed by atoms with E-state index in [9.17, 15) is 9.59 Å². The predicted octanol–water partition coefficient (Wildman–Crippen LogP) is 2.11. The number of aromatic amines is 1. The quantitative estimate of drug-likeness (QED) is 0.584. The van der Waals surface area contributed by atoms with Gasteiger partial charge in [0.15, 0.2) is 0 Å². The molecule has 9 heteroatoms. The molecule has 0 fully saturated rings. The van der Waals surface area contributed by atoms with Crippen molar-refractivity contribution in [1.82, 2.24) is 20.3 Å². The Kier molecular flexibility index (Phi) is 5.02. The van der Waals surface area contributed by atoms with Gasteiger partial charge in [-0.1, -0.05) is 6.07 Å². The van der Waals surface area contributed by atoms with Crippen molar-refractivity contribution < 1.29 is 4.79 Å². The maximum atomic E-state index is 12.1. The summed E-state index contributed by atoms with van der Waals surface area (Å²) in [4.78, 5) is 35.5. The van der Waals surface area contributed by atoms with E-state index >= 15 is 0 Å². The van der Waals surface area contributed by atoms with Crippen LogP contribution in [0.1, 0.15) is 16.2 Å². The van der Waals surface area contributed by atoms with Crippen LogP contribution >= 0.6 is 22.7 Å². The van der Waals surface area contributed by atoms with Crippen LogP contribution in [-0.2, 0) is 0 Å². The minimum absolute atomic E-state index is 0.211. The highest BCUT2D eigenvalue weighted by Crippen LogP contribution is 2.27. The lowest BCUT2D eigenvalue weighted by molar-refractivity contribution is 0.0951. The van der Waals surface area contributed by atoms with Crippen LogP contribution in [0.3, 0.4) is 0 Å². The van der Waals surface area contributed by atoms with Crippen molar-refractivity contribution in [2.75, 3.05) is 18.4 Å². The SMILES string of the molecule is Cc1cc(=O)[nH]c(NCCNC(=O)c2csc(-c3cccs3)n2)n1. The fourth-order valence-corrected chi connectivity index (χ4v) is 3.62. The Morgan fingerprint density at radius 2 is 2.17 bits per heavy atom. The van der Waals surface area contributed by atoms with E-state index in [1.807, 2.05) is 17.5 Å². The maximum Gasteiger partial charge on any atom is 0.270 e. The number of hydrogen-bond acceptors (Lipinski definition) is 7. The van der Waals surface area contributed by atoms with Crippen molar-refractivity contribution in [3.63, 3.8) is 0 Å². The van der Waals surface area contributed by atoms with Crippen LogP contribution in [0.25, 0.3) is 9.88 Å². The van der Waals surface area contributed by atoms with Crippen LogP contribution in [0.4, 0.5) is 5.95 Å². The molecule has 124 valence electrons. The summed E-state index contributed by atoms with van der Waals surface area (Å²) in [5, 5.41) is 10.3. The highest BCUT2D eigenvalue weighted by atomic mass is 32.1. The summed E-state index contributed by atoms with van der Waals surface area (Å²) < 4.78 is 0. The third-order valence-corrected chi connectivity index (χ3v) is 4.92. The number of nitrogens with one attached hydrogen (secondary N) is 3. The van der Waals surface area contributed by atoms with Crippen molar-refractivity contribution >= 4 is 34.5 Å². The number of thiazole rings is 1. The summed E-state index contributed by atoms with van der Waals surface area (Å²) in [6.45, 7) is 2.58. The lowest BCUT2D eigenvalue weighted by atomic mass is 10.4. The Balaban J connectivity index is 1.50. The first-order valence-electron chi connectivity index (χ1n) is 7.21. The van der Waals surface area contributed by atoms with Crippen molar-refractivity contribution in [3.8, 4) is 9.88 Å². The van der Waals surface area contributed by atoms with Gasteiger partial charge < -0.3 is 10.6 Å². The fourth-order valence-electron chi connectivity index (χ4n) is 2.00. The summed E-state index contributed by atoms with van der Waals surface area (Å²) in [6.07, 6.45) is 0. The number of aromatic nitrogens is 3. The smallest absolute Gasteiger partial charge is 0.270 e. The Labute approximate surface area is 145 Å². The van der Waals surface area contributed by atoms with Gasteiger partial charge >= 0.3 is 0 Å². The number of carbonyl (C=O) groups excluding carboxylic acids is 1. The highest BCUT2D eigenvalue weighted by Gasteiger charge is 2.11. The normalized spacial score (nSPS) is 10.5. The van der Waals surface area contributed by atoms with Gasteiger partial charge in [0.05, 0.1) is 4.88 Å². The molecule has 0 aliphatic carbocycles. The minimum atomic E-state index is -0.221. The number of amides is 1. The van der Waals surface area contributed by atoms with E-state index in [0.29, 0.717) is 30.4 Å². The first kappa shape index (κ1) is 16.3. The van der Waals surface area contributed by atoms with E-state index < -0.39 is 0 Å². The standard InChI is InChI=1S/C15H15N5O2S2/c1-9-7-12(21)20-15(18-9)17-5-4-16-13(22)10-8-24-14(19-10)11-3-2-6-23-11/h2-3,6-8H,4-5H2,1H3,(H,16,22)(H2,17,18,20,21). The summed E-state index contributed by atoms with van der Waals surface area (Å²) >= 11 is 3.04. The van der Waals surface area contributed by atoms with Crippen molar-refractivity contribution in [3.05, 3.63) is 50.7 Å². The average molecular weight is 361 g/mol. The van der Waals surface area contributed by atoms with Crippen molar-refractivity contribution in [2.45, 2.75) is 6.92 Å². The fraction of sp³-hybridized carbons (Fsp3) is 0.200. The topological polar surface area (TPSA) is 99.8 Å². The van der Waals surface area contributed by atoms with Crippen LogP contribution in [-0.4, -0.2) is 33.9 Å². The van der Waals surface area contributed by atoms with Gasteiger partial charge in [0.2, 0.25) is 5.95 Å². The monoisotopic (exact) mass is 361 g/mol. The number of nitrogens with zero attached hydrogens (tertiary/aromatic N) is 2. The molecule has 0 radical (unpaired) electrons. The number of thiophene rings is 1. The summed E-state index contributed by atoms with van der Waals surface area (Å²) in [5.74, 6) is 0.171. The molecule has 0 spiro atoms. The molecule has 1 amide bonds. The second-order valence-electron chi connectivity index (χ2n) is 4.93. The summed E-state index contributed by atoms with van der Waals surface area (Å²) in [6, 6.07) is 5.35. The van der Waals surface area contributed by atoms with Gasteiger partial charge in [-0.3, -0.25) is 14.6 Å². The van der Waals surface area contributed by atoms with E-state index in [2.05, 4.69) is 25.6 Å². The molecular formula is C15H15N5O2S2. The molecule has 24 heavy (non-hydrogen) atoms. The van der Waals surface area contributed by atoms with E-state index in [4.69, 9.17) is 0 Å². The average Bonchev–Trinajstić information content (AvgIpc) is 3.20. The zero-order valence-electron chi connectivity index (χ0n) is 12.8. The van der Waals surface area contributed by atoms with E-state index in [1.165, 1.54) is 17.4 Å². The Morgan fingerprint density at radius 1 is 1.29 bits per heavy atom. The number of anilines is 1. The predicted molar refractivity (Wildman–Crippen MR) is 95.8 cm³/mol. The van der Waals surface area contributed by atoms with E-state index in [0.717, 1.165) is 9.88 Å². The number of rotatable bonds is 6. The largest absolute Gasteiger partial charge is 0.354 e. The molecule has 0 atom stereocenters. The maximum absolute atomic E-state index is 12.1. The molecule has 0 aliphatic rings. The summed E-state index contributed by atoms with van der Waals surface area (Å²) in [7, 11) is 0. The molecule has 3 N–H and O–H groups in total. The molecule has 3 aromatic heterocycles. The van der Waals surface area contributed by atoms with Gasteiger partial charge in [-0.2, -0.15) is 0 Å². The number of hydrogen-bond donors (Lipinski definition) is 3. The molecule has 0 saturated carbocycles. The van der Waals surface area contributed by atoms with Crippen LogP contribution in [0.15, 0.2) is 33.8 Å². The molecule has 0 aromatic carbocycles. The van der Waals surface area contributed by atoms with Crippen LogP contribution < -0.4 is 16.2 Å². The molecule has 3 heterocycles. The molecule has 0 unspecified atom stereocenters. The van der Waals surface area contributed by atoms with E-state index in [-0.39, 0.29) is 11.5 Å². The highest BCUT2D eigenvalue weighted by molar-refractivity contribution is 7.20. The van der Waals surface area contributed by atoms with E-state index in [1.54, 1.807) is 23.6 Å². The van der Waals surface area contributed by atoms with Gasteiger partial charge in [0.1, 0.15) is 10.7 Å². The number of H-pyrrole nitrogens is 1. The molecule has 7 nitrogen and oxygen atoms in total. The Morgan fingerprint density at radius 3 is 2.92 bits per heavy atom. The zero-order valence-corrected chi connectivity index (χ0v) is 14.5. The van der Waals surface area contributed by atoms with Crippen LogP contribution in [0, 0.1) is 6.92 Å². The van der Waals surface area contributed by atoms with Gasteiger partial charge in [0, 0.05) is 30.2 Å². The second-order valence-corrected chi connectivity index (χ2v) is 6.74. The zero-order chi connectivity index (χ0) is 16.9. The lowest BCUT2D eigenvalue weighted by Crippen LogP contribution is -2.29. The lowest BCUT2D eigenvalue weighted by Gasteiger charge is -2.06. The molecule has 3 rings (SSSR count). The molecule has 0 aliphatic heterocycles. The summed E-state index contributed by atoms with van der Waals surface area (Å²) in [5.41, 5.74) is 0.831. The Bertz CT molecular complexity index is 885. The van der Waals surface area contributed by atoms with Crippen molar-refractivity contribution in [2.24, 2.45) is 0 Å².